The Labute approximate surface area is 144 Å². The minimum atomic E-state index is -0.386. The van der Waals surface area contributed by atoms with Gasteiger partial charge in [0.15, 0.2) is 0 Å². The molecule has 130 valence electrons. The molecule has 2 aromatic carbocycles. The van der Waals surface area contributed by atoms with E-state index in [1.54, 1.807) is 18.2 Å². The van der Waals surface area contributed by atoms with Crippen LogP contribution in [0, 0.1) is 24.0 Å². The van der Waals surface area contributed by atoms with Gasteiger partial charge in [-0.2, -0.15) is 0 Å². The Bertz CT molecular complexity index is 664. The van der Waals surface area contributed by atoms with Gasteiger partial charge >= 0.3 is 0 Å². The van der Waals surface area contributed by atoms with E-state index >= 15 is 0 Å². The summed E-state index contributed by atoms with van der Waals surface area (Å²) in [6.07, 6.45) is 4.79. The Morgan fingerprint density at radius 3 is 2.29 bits per heavy atom. The maximum absolute atomic E-state index is 10.4. The van der Waals surface area contributed by atoms with Crippen molar-refractivity contribution in [3.05, 3.63) is 75.3 Å². The van der Waals surface area contributed by atoms with E-state index in [2.05, 4.69) is 0 Å². The first-order valence-corrected chi connectivity index (χ1v) is 8.11. The van der Waals surface area contributed by atoms with Crippen molar-refractivity contribution in [1.29, 1.82) is 0 Å². The van der Waals surface area contributed by atoms with Crippen LogP contribution in [0.4, 0.5) is 5.69 Å². The second-order valence-corrected chi connectivity index (χ2v) is 4.95. The quantitative estimate of drug-likeness (QED) is 0.550. The van der Waals surface area contributed by atoms with E-state index in [1.165, 1.54) is 11.6 Å². The molecule has 4 heteroatoms. The van der Waals surface area contributed by atoms with E-state index in [0.717, 1.165) is 17.5 Å². The number of nitrogens with zero attached hydrogens (tertiary/aromatic N) is 1. The zero-order valence-electron chi connectivity index (χ0n) is 15.1. The van der Waals surface area contributed by atoms with Crippen molar-refractivity contribution >= 4 is 11.8 Å². The number of phenols is 1. The second-order valence-electron chi connectivity index (χ2n) is 4.95. The van der Waals surface area contributed by atoms with Crippen molar-refractivity contribution < 1.29 is 10.0 Å². The van der Waals surface area contributed by atoms with Gasteiger partial charge in [-0.1, -0.05) is 62.8 Å². The van der Waals surface area contributed by atoms with Crippen LogP contribution in [0.3, 0.4) is 0 Å². The lowest BCUT2D eigenvalue weighted by atomic mass is 10.1. The van der Waals surface area contributed by atoms with Gasteiger partial charge in [-0.25, -0.2) is 0 Å². The smallest absolute Gasteiger partial charge is 0.270 e. The number of non-ortho nitro benzene ring substituents is 1. The number of aromatic hydroxyl groups is 1. The molecule has 0 amide bonds. The molecule has 0 saturated heterocycles. The Hall–Kier alpha value is -2.62. The summed E-state index contributed by atoms with van der Waals surface area (Å²) >= 11 is 0. The van der Waals surface area contributed by atoms with Gasteiger partial charge in [0, 0.05) is 12.1 Å². The number of nitro benzene ring substituents is 1. The Balaban J connectivity index is 0.000000420. The number of hydrogen-bond donors (Lipinski definition) is 1. The van der Waals surface area contributed by atoms with Gasteiger partial charge in [0.05, 0.1) is 4.92 Å². The normalized spacial score (nSPS) is 9.54. The zero-order valence-corrected chi connectivity index (χ0v) is 15.1. The number of nitro groups is 1. The van der Waals surface area contributed by atoms with Crippen molar-refractivity contribution in [2.24, 2.45) is 0 Å². The van der Waals surface area contributed by atoms with Gasteiger partial charge in [0.2, 0.25) is 0 Å². The molecule has 0 aliphatic heterocycles. The molecule has 1 N–H and O–H groups in total. The minimum Gasteiger partial charge on any atom is -0.508 e. The molecule has 0 unspecified atom stereocenters. The SMILES string of the molecule is CC.CC/C=C\c1cccc([N+](=O)[O-])c1.Cc1ccc(O)c(C)c1. The molecule has 0 fully saturated rings. The zero-order chi connectivity index (χ0) is 18.5. The molecule has 0 spiro atoms. The summed E-state index contributed by atoms with van der Waals surface area (Å²) < 4.78 is 0. The first-order chi connectivity index (χ1) is 11.4. The average Bonchev–Trinajstić information content (AvgIpc) is 2.59. The largest absolute Gasteiger partial charge is 0.508 e. The highest BCUT2D eigenvalue weighted by atomic mass is 16.6. The minimum absolute atomic E-state index is 0.137. The van der Waals surface area contributed by atoms with Crippen LogP contribution in [0.15, 0.2) is 48.5 Å². The van der Waals surface area contributed by atoms with E-state index < -0.39 is 0 Å². The highest BCUT2D eigenvalue weighted by molar-refractivity contribution is 5.53. The highest BCUT2D eigenvalue weighted by Gasteiger charge is 2.02. The van der Waals surface area contributed by atoms with E-state index in [1.807, 2.05) is 65.0 Å². The highest BCUT2D eigenvalue weighted by Crippen LogP contribution is 2.15. The predicted octanol–water partition coefficient (Wildman–Crippen LogP) is 6.05. The summed E-state index contributed by atoms with van der Waals surface area (Å²) in [7, 11) is 0. The molecule has 0 aromatic heterocycles. The van der Waals surface area contributed by atoms with Gasteiger partial charge in [-0.05, 0) is 37.5 Å². The first kappa shape index (κ1) is 21.4. The number of allylic oxidation sites excluding steroid dienone is 1. The number of benzene rings is 2. The molecule has 2 rings (SSSR count). The maximum atomic E-state index is 10.4. The molecule has 0 aliphatic rings. The third-order valence-corrected chi connectivity index (χ3v) is 2.98. The van der Waals surface area contributed by atoms with E-state index in [-0.39, 0.29) is 10.6 Å². The number of hydrogen-bond acceptors (Lipinski definition) is 3. The first-order valence-electron chi connectivity index (χ1n) is 8.11. The molecule has 24 heavy (non-hydrogen) atoms. The molecule has 0 bridgehead atoms. The fourth-order valence-electron chi connectivity index (χ4n) is 1.80. The van der Waals surface area contributed by atoms with Crippen molar-refractivity contribution in [1.82, 2.24) is 0 Å². The van der Waals surface area contributed by atoms with Gasteiger partial charge in [-0.3, -0.25) is 10.1 Å². The van der Waals surface area contributed by atoms with Crippen LogP contribution < -0.4 is 0 Å². The topological polar surface area (TPSA) is 63.4 Å². The summed E-state index contributed by atoms with van der Waals surface area (Å²) in [4.78, 5) is 10.0. The summed E-state index contributed by atoms with van der Waals surface area (Å²) in [6.45, 7) is 9.92. The summed E-state index contributed by atoms with van der Waals surface area (Å²) in [5, 5.41) is 19.5. The van der Waals surface area contributed by atoms with Crippen LogP contribution in [0.5, 0.6) is 5.75 Å². The molecule has 2 aromatic rings. The van der Waals surface area contributed by atoms with Crippen LogP contribution in [0.25, 0.3) is 6.08 Å². The van der Waals surface area contributed by atoms with Crippen LogP contribution in [0.1, 0.15) is 43.9 Å². The van der Waals surface area contributed by atoms with Crippen molar-refractivity contribution in [2.75, 3.05) is 0 Å². The standard InChI is InChI=1S/C10H11NO2.C8H10O.C2H6/c1-2-3-5-9-6-4-7-10(8-9)11(12)13;1-6-3-4-8(9)7(2)5-6;1-2/h3-8H,2H2,1H3;3-5,9H,1-2H3;1-2H3/b5-3-;;. The van der Waals surface area contributed by atoms with Gasteiger partial charge < -0.3 is 5.11 Å². The third kappa shape index (κ3) is 8.13. The monoisotopic (exact) mass is 329 g/mol. The van der Waals surface area contributed by atoms with Crippen molar-refractivity contribution in [3.63, 3.8) is 0 Å². The fraction of sp³-hybridized carbons (Fsp3) is 0.300. The van der Waals surface area contributed by atoms with E-state index in [4.69, 9.17) is 5.11 Å². The molecular weight excluding hydrogens is 302 g/mol. The molecule has 0 aliphatic carbocycles. The lowest BCUT2D eigenvalue weighted by Crippen LogP contribution is -1.87. The predicted molar refractivity (Wildman–Crippen MR) is 101 cm³/mol. The second kappa shape index (κ2) is 11.9. The molecule has 0 atom stereocenters. The van der Waals surface area contributed by atoms with Crippen LogP contribution in [-0.2, 0) is 0 Å². The Morgan fingerprint density at radius 1 is 1.12 bits per heavy atom. The van der Waals surface area contributed by atoms with Gasteiger partial charge in [-0.15, -0.1) is 0 Å². The number of phenolic OH excluding ortho intramolecular Hbond substituents is 1. The number of aryl methyl sites for hydroxylation is 2. The molecule has 0 heterocycles. The lowest BCUT2D eigenvalue weighted by Gasteiger charge is -1.97. The average molecular weight is 329 g/mol. The number of rotatable bonds is 3. The van der Waals surface area contributed by atoms with Gasteiger partial charge in [0.25, 0.3) is 5.69 Å². The maximum Gasteiger partial charge on any atom is 0.270 e. The Morgan fingerprint density at radius 2 is 1.79 bits per heavy atom. The molecular formula is C20H27NO3. The fourth-order valence-corrected chi connectivity index (χ4v) is 1.80. The summed E-state index contributed by atoms with van der Waals surface area (Å²) in [5.74, 6) is 0.376. The van der Waals surface area contributed by atoms with E-state index in [0.29, 0.717) is 5.75 Å². The summed E-state index contributed by atoms with van der Waals surface area (Å²) in [5.41, 5.74) is 3.13. The Kier molecular flexibility index (Phi) is 10.6. The van der Waals surface area contributed by atoms with Gasteiger partial charge in [0.1, 0.15) is 5.75 Å². The van der Waals surface area contributed by atoms with Crippen LogP contribution in [0.2, 0.25) is 0 Å². The third-order valence-electron chi connectivity index (χ3n) is 2.98. The molecule has 0 saturated carbocycles. The lowest BCUT2D eigenvalue weighted by molar-refractivity contribution is -0.384. The summed E-state index contributed by atoms with van der Waals surface area (Å²) in [6, 6.07) is 12.1. The van der Waals surface area contributed by atoms with Crippen LogP contribution in [-0.4, -0.2) is 10.0 Å². The van der Waals surface area contributed by atoms with Crippen molar-refractivity contribution in [3.8, 4) is 5.75 Å². The molecule has 4 nitrogen and oxygen atoms in total. The molecule has 0 radical (unpaired) electrons. The van der Waals surface area contributed by atoms with Crippen molar-refractivity contribution in [2.45, 2.75) is 41.0 Å². The van der Waals surface area contributed by atoms with Crippen LogP contribution >= 0.6 is 0 Å². The van der Waals surface area contributed by atoms with E-state index in [9.17, 15) is 10.1 Å².